The molecule has 1 unspecified atom stereocenters. The Balaban J connectivity index is 1.80. The summed E-state index contributed by atoms with van der Waals surface area (Å²) in [6, 6.07) is 9.34. The van der Waals surface area contributed by atoms with Crippen molar-refractivity contribution in [1.29, 1.82) is 0 Å². The van der Waals surface area contributed by atoms with E-state index in [9.17, 15) is 13.2 Å². The summed E-state index contributed by atoms with van der Waals surface area (Å²) < 4.78 is 22.9. The number of carbonyl (C=O) groups excluding carboxylic acids is 1. The Morgan fingerprint density at radius 1 is 1.29 bits per heavy atom. The van der Waals surface area contributed by atoms with Gasteiger partial charge in [-0.05, 0) is 43.5 Å². The smallest absolute Gasteiger partial charge is 0.163 e. The number of aromatic nitrogens is 1. The highest BCUT2D eigenvalue weighted by molar-refractivity contribution is 7.91. The highest BCUT2D eigenvalue weighted by Crippen LogP contribution is 2.24. The number of Topliss-reactive ketones (excluding diaryl/α,β-unsaturated/α-hetero) is 1. The van der Waals surface area contributed by atoms with E-state index in [1.54, 1.807) is 6.07 Å². The number of ketones is 1. The molecule has 3 rings (SSSR count). The van der Waals surface area contributed by atoms with Crippen LogP contribution >= 0.6 is 0 Å². The quantitative estimate of drug-likeness (QED) is 0.817. The maximum atomic E-state index is 12.3. The molecule has 1 aromatic carbocycles. The maximum Gasteiger partial charge on any atom is 0.163 e. The van der Waals surface area contributed by atoms with Crippen molar-refractivity contribution in [1.82, 2.24) is 4.98 Å². The molecule has 0 bridgehead atoms. The van der Waals surface area contributed by atoms with Crippen LogP contribution < -0.4 is 0 Å². The van der Waals surface area contributed by atoms with E-state index < -0.39 is 9.84 Å². The van der Waals surface area contributed by atoms with E-state index in [1.165, 1.54) is 0 Å². The van der Waals surface area contributed by atoms with Crippen molar-refractivity contribution in [2.24, 2.45) is 5.92 Å². The molecule has 0 N–H and O–H groups in total. The minimum absolute atomic E-state index is 0.0135. The Kier molecular flexibility index (Phi) is 3.53. The lowest BCUT2D eigenvalue weighted by atomic mass is 9.97. The standard InChI is InChI=1S/C16H17NO3S/c1-11-2-3-13-9-14(4-5-15(13)17-11)16(18)8-12-6-7-21(19,20)10-12/h2-5,9,12H,6-8,10H2,1H3. The average Bonchev–Trinajstić information content (AvgIpc) is 2.77. The molecule has 1 aliphatic heterocycles. The minimum Gasteiger partial charge on any atom is -0.294 e. The maximum absolute atomic E-state index is 12.3. The molecule has 1 atom stereocenters. The van der Waals surface area contributed by atoms with Gasteiger partial charge in [-0.1, -0.05) is 6.07 Å². The van der Waals surface area contributed by atoms with Gasteiger partial charge in [0.25, 0.3) is 0 Å². The summed E-state index contributed by atoms with van der Waals surface area (Å²) in [4.78, 5) is 16.7. The number of sulfone groups is 1. The predicted molar refractivity (Wildman–Crippen MR) is 82.2 cm³/mol. The van der Waals surface area contributed by atoms with Crippen LogP contribution in [0.4, 0.5) is 0 Å². The van der Waals surface area contributed by atoms with E-state index >= 15 is 0 Å². The van der Waals surface area contributed by atoms with Crippen molar-refractivity contribution in [3.63, 3.8) is 0 Å². The monoisotopic (exact) mass is 303 g/mol. The first-order valence-corrected chi connectivity index (χ1v) is 8.86. The first kappa shape index (κ1) is 14.2. The van der Waals surface area contributed by atoms with Gasteiger partial charge in [-0.25, -0.2) is 8.42 Å². The second-order valence-electron chi connectivity index (χ2n) is 5.76. The fourth-order valence-corrected chi connectivity index (χ4v) is 4.68. The van der Waals surface area contributed by atoms with Gasteiger partial charge in [0.2, 0.25) is 0 Å². The molecule has 5 heteroatoms. The van der Waals surface area contributed by atoms with Crippen LogP contribution in [0.2, 0.25) is 0 Å². The van der Waals surface area contributed by atoms with Crippen LogP contribution in [0.25, 0.3) is 10.9 Å². The van der Waals surface area contributed by atoms with Gasteiger partial charge < -0.3 is 0 Å². The van der Waals surface area contributed by atoms with Crippen LogP contribution in [-0.4, -0.2) is 30.7 Å². The molecule has 1 aliphatic rings. The van der Waals surface area contributed by atoms with E-state index in [1.807, 2.05) is 31.2 Å². The summed E-state index contributed by atoms with van der Waals surface area (Å²) in [7, 11) is -2.92. The topological polar surface area (TPSA) is 64.1 Å². The Bertz CT molecular complexity index is 811. The zero-order chi connectivity index (χ0) is 15.0. The molecule has 21 heavy (non-hydrogen) atoms. The summed E-state index contributed by atoms with van der Waals surface area (Å²) in [6.45, 7) is 1.93. The number of hydrogen-bond acceptors (Lipinski definition) is 4. The molecule has 2 heterocycles. The lowest BCUT2D eigenvalue weighted by molar-refractivity contribution is 0.0966. The number of benzene rings is 1. The summed E-state index contributed by atoms with van der Waals surface area (Å²) in [5.74, 6) is 0.341. The van der Waals surface area contributed by atoms with Crippen molar-refractivity contribution < 1.29 is 13.2 Å². The summed E-state index contributed by atoms with van der Waals surface area (Å²) >= 11 is 0. The Hall–Kier alpha value is -1.75. The SMILES string of the molecule is Cc1ccc2cc(C(=O)CC3CCS(=O)(=O)C3)ccc2n1. The number of rotatable bonds is 3. The number of pyridine rings is 1. The second-order valence-corrected chi connectivity index (χ2v) is 7.99. The molecule has 2 aromatic rings. The fraction of sp³-hybridized carbons (Fsp3) is 0.375. The molecule has 0 saturated carbocycles. The molecule has 110 valence electrons. The van der Waals surface area contributed by atoms with Crippen LogP contribution in [0.1, 0.15) is 28.9 Å². The number of hydrogen-bond donors (Lipinski definition) is 0. The third-order valence-corrected chi connectivity index (χ3v) is 5.79. The van der Waals surface area contributed by atoms with Gasteiger partial charge >= 0.3 is 0 Å². The number of fused-ring (bicyclic) bond motifs is 1. The molecule has 0 spiro atoms. The van der Waals surface area contributed by atoms with Gasteiger partial charge in [0.05, 0.1) is 17.0 Å². The molecule has 4 nitrogen and oxygen atoms in total. The zero-order valence-corrected chi connectivity index (χ0v) is 12.7. The van der Waals surface area contributed by atoms with E-state index in [4.69, 9.17) is 0 Å². The van der Waals surface area contributed by atoms with E-state index in [0.29, 0.717) is 18.4 Å². The Morgan fingerprint density at radius 3 is 2.81 bits per heavy atom. The van der Waals surface area contributed by atoms with Crippen molar-refractivity contribution in [2.75, 3.05) is 11.5 Å². The highest BCUT2D eigenvalue weighted by atomic mass is 32.2. The van der Waals surface area contributed by atoms with Gasteiger partial charge in [-0.3, -0.25) is 9.78 Å². The Morgan fingerprint density at radius 2 is 2.10 bits per heavy atom. The molecule has 1 aromatic heterocycles. The third kappa shape index (κ3) is 3.13. The van der Waals surface area contributed by atoms with Crippen molar-refractivity contribution in [2.45, 2.75) is 19.8 Å². The number of aryl methyl sites for hydroxylation is 1. The highest BCUT2D eigenvalue weighted by Gasteiger charge is 2.29. The van der Waals surface area contributed by atoms with E-state index in [2.05, 4.69) is 4.98 Å². The lowest BCUT2D eigenvalue weighted by Crippen LogP contribution is -2.10. The fourth-order valence-electron chi connectivity index (χ4n) is 2.81. The minimum atomic E-state index is -2.92. The Labute approximate surface area is 124 Å². The molecular weight excluding hydrogens is 286 g/mol. The predicted octanol–water partition coefficient (Wildman–Crippen LogP) is 2.55. The van der Waals surface area contributed by atoms with Crippen molar-refractivity contribution in [3.05, 3.63) is 41.6 Å². The molecule has 1 saturated heterocycles. The van der Waals surface area contributed by atoms with Gasteiger partial charge in [0, 0.05) is 23.1 Å². The van der Waals surface area contributed by atoms with E-state index in [-0.39, 0.29) is 23.2 Å². The van der Waals surface area contributed by atoms with Crippen LogP contribution in [0.15, 0.2) is 30.3 Å². The second kappa shape index (κ2) is 5.22. The van der Waals surface area contributed by atoms with Gasteiger partial charge in [-0.2, -0.15) is 0 Å². The van der Waals surface area contributed by atoms with Gasteiger partial charge in [-0.15, -0.1) is 0 Å². The average molecular weight is 303 g/mol. The molecule has 1 fully saturated rings. The van der Waals surface area contributed by atoms with E-state index in [0.717, 1.165) is 16.6 Å². The summed E-state index contributed by atoms with van der Waals surface area (Å²) in [5.41, 5.74) is 2.45. The number of nitrogens with zero attached hydrogens (tertiary/aromatic N) is 1. The normalized spacial score (nSPS) is 20.7. The molecule has 0 aliphatic carbocycles. The molecule has 0 radical (unpaired) electrons. The van der Waals surface area contributed by atoms with Crippen LogP contribution in [-0.2, 0) is 9.84 Å². The number of carbonyl (C=O) groups is 1. The molecule has 0 amide bonds. The molecular formula is C16H17NO3S. The first-order valence-electron chi connectivity index (χ1n) is 7.04. The van der Waals surface area contributed by atoms with Gasteiger partial charge in [0.1, 0.15) is 0 Å². The lowest BCUT2D eigenvalue weighted by Gasteiger charge is -2.07. The van der Waals surface area contributed by atoms with Gasteiger partial charge in [0.15, 0.2) is 15.6 Å². The zero-order valence-electron chi connectivity index (χ0n) is 11.9. The van der Waals surface area contributed by atoms with Crippen LogP contribution in [0, 0.1) is 12.8 Å². The summed E-state index contributed by atoms with van der Waals surface area (Å²) in [6.07, 6.45) is 0.909. The largest absolute Gasteiger partial charge is 0.294 e. The van der Waals surface area contributed by atoms with Crippen LogP contribution in [0.5, 0.6) is 0 Å². The van der Waals surface area contributed by atoms with Crippen LogP contribution in [0.3, 0.4) is 0 Å². The van der Waals surface area contributed by atoms with Crippen molar-refractivity contribution >= 4 is 26.5 Å². The third-order valence-electron chi connectivity index (χ3n) is 3.95. The summed E-state index contributed by atoms with van der Waals surface area (Å²) in [5, 5.41) is 0.936. The first-order chi connectivity index (χ1) is 9.93. The van der Waals surface area contributed by atoms with Crippen molar-refractivity contribution in [3.8, 4) is 0 Å².